The second kappa shape index (κ2) is 17.8. The smallest absolute Gasteiger partial charge is 0.164 e. The first kappa shape index (κ1) is 41.6. The van der Waals surface area contributed by atoms with E-state index in [4.69, 9.17) is 15.0 Å². The molecular weight excluding hydrogens is 857 g/mol. The molecule has 0 aliphatic heterocycles. The van der Waals surface area contributed by atoms with E-state index in [1.165, 1.54) is 47.6 Å². The Bertz CT molecular complexity index is 3900. The van der Waals surface area contributed by atoms with Crippen molar-refractivity contribution >= 4 is 59.0 Å². The maximum Gasteiger partial charge on any atom is 0.164 e. The number of thiophene rings is 1. The molecule has 12 rings (SSSR count). The molecule has 0 unspecified atom stereocenters. The lowest BCUT2D eigenvalue weighted by atomic mass is 9.89. The van der Waals surface area contributed by atoms with Gasteiger partial charge in [0.05, 0.1) is 11.0 Å². The normalized spacial score (nSPS) is 11.8. The van der Waals surface area contributed by atoms with Crippen molar-refractivity contribution < 1.29 is 0 Å². The highest BCUT2D eigenvalue weighted by atomic mass is 32.1. The molecule has 0 saturated heterocycles. The number of nitrogens with zero attached hydrogens (tertiary/aromatic N) is 4. The van der Waals surface area contributed by atoms with E-state index in [1.807, 2.05) is 66.8 Å². The van der Waals surface area contributed by atoms with Gasteiger partial charge in [0.2, 0.25) is 0 Å². The Balaban J connectivity index is 1.07. The van der Waals surface area contributed by atoms with Gasteiger partial charge in [0, 0.05) is 53.3 Å². The summed E-state index contributed by atoms with van der Waals surface area (Å²) >= 11 is 1.85. The lowest BCUT2D eigenvalue weighted by molar-refractivity contribution is 1.07. The van der Waals surface area contributed by atoms with Crippen LogP contribution in [0, 0.1) is 0 Å². The van der Waals surface area contributed by atoms with E-state index in [9.17, 15) is 0 Å². The van der Waals surface area contributed by atoms with E-state index in [2.05, 4.69) is 199 Å². The van der Waals surface area contributed by atoms with Gasteiger partial charge in [0.15, 0.2) is 17.5 Å². The zero-order valence-electron chi connectivity index (χ0n) is 37.9. The Morgan fingerprint density at radius 2 is 0.942 bits per heavy atom. The third-order valence-corrected chi connectivity index (χ3v) is 14.1. The first-order valence-corrected chi connectivity index (χ1v) is 24.1. The quantitative estimate of drug-likeness (QED) is 0.128. The first-order valence-electron chi connectivity index (χ1n) is 23.2. The lowest BCUT2D eigenvalue weighted by Gasteiger charge is -2.16. The lowest BCUT2D eigenvalue weighted by Crippen LogP contribution is -2.01. The highest BCUT2D eigenvalue weighted by Crippen LogP contribution is 2.46. The minimum Gasteiger partial charge on any atom is -0.310 e. The molecule has 12 aromatic rings. The average Bonchev–Trinajstić information content (AvgIpc) is 3.97. The highest BCUT2D eigenvalue weighted by Gasteiger charge is 2.21. The Morgan fingerprint density at radius 3 is 1.58 bits per heavy atom. The summed E-state index contributed by atoms with van der Waals surface area (Å²) in [6, 6.07) is 75.4. The first-order chi connectivity index (χ1) is 34.1. The molecule has 9 aromatic carbocycles. The molecular formula is C64H44N4S. The fraction of sp³-hybridized carbons (Fsp3) is 0.0156. The number of para-hydroxylation sites is 1. The third-order valence-electron chi connectivity index (χ3n) is 12.9. The topological polar surface area (TPSA) is 43.6 Å². The predicted molar refractivity (Wildman–Crippen MR) is 293 cm³/mol. The molecule has 0 radical (unpaired) electrons. The minimum absolute atomic E-state index is 0.610. The SMILES string of the molecule is C=C(/C=C\C=C/C)n1c2ccccc2c2c3sc4cc(-c5ccc(-c6ccc(-c7ccccc7)c(-c7ccccc7)c6)cc5-c5nc(-c6ccccc6)nc(-c6ccccc6)n5)ccc4c3ccc21. The molecule has 4 nitrogen and oxygen atoms in total. The van der Waals surface area contributed by atoms with E-state index >= 15 is 0 Å². The van der Waals surface area contributed by atoms with Gasteiger partial charge in [-0.25, -0.2) is 15.0 Å². The molecule has 0 saturated carbocycles. The summed E-state index contributed by atoms with van der Waals surface area (Å²) in [5.74, 6) is 1.86. The molecule has 0 atom stereocenters. The zero-order chi connectivity index (χ0) is 46.3. The standard InChI is InChI=1S/C64H44N4S/c1-3-4-9-20-42(2)68-57-30-19-18-29-54(57)60-58(68)38-37-53-52-36-33-49(41-59(52)69-61(53)60)51-35-32-48(47-31-34-50(43-21-10-5-11-22-43)55(39-47)44-23-12-6-13-24-44)40-56(51)64-66-62(45-25-14-7-15-26-45)65-63(67-64)46-27-16-8-17-28-46/h3-41H,2H2,1H3/b4-3-,20-9-. The largest absolute Gasteiger partial charge is 0.310 e. The van der Waals surface area contributed by atoms with E-state index < -0.39 is 0 Å². The molecule has 3 heterocycles. The summed E-state index contributed by atoms with van der Waals surface area (Å²) < 4.78 is 4.76. The number of rotatable bonds is 10. The number of hydrogen-bond acceptors (Lipinski definition) is 4. The summed E-state index contributed by atoms with van der Waals surface area (Å²) in [5, 5.41) is 4.94. The maximum absolute atomic E-state index is 5.30. The molecule has 0 aliphatic rings. The van der Waals surface area contributed by atoms with Gasteiger partial charge < -0.3 is 4.57 Å². The average molecular weight is 901 g/mol. The van der Waals surface area contributed by atoms with Gasteiger partial charge in [-0.2, -0.15) is 0 Å². The van der Waals surface area contributed by atoms with Crippen molar-refractivity contribution in [3.63, 3.8) is 0 Å². The molecule has 0 spiro atoms. The predicted octanol–water partition coefficient (Wildman–Crippen LogP) is 17.6. The van der Waals surface area contributed by atoms with Crippen LogP contribution in [0.1, 0.15) is 6.92 Å². The van der Waals surface area contributed by atoms with Crippen molar-refractivity contribution in [2.24, 2.45) is 0 Å². The molecule has 5 heteroatoms. The summed E-state index contributed by atoms with van der Waals surface area (Å²) in [4.78, 5) is 15.7. The zero-order valence-corrected chi connectivity index (χ0v) is 38.7. The van der Waals surface area contributed by atoms with Crippen LogP contribution in [-0.2, 0) is 0 Å². The van der Waals surface area contributed by atoms with Crippen molar-refractivity contribution in [3.8, 4) is 78.7 Å². The fourth-order valence-electron chi connectivity index (χ4n) is 9.65. The van der Waals surface area contributed by atoms with E-state index in [0.29, 0.717) is 17.5 Å². The van der Waals surface area contributed by atoms with Crippen LogP contribution in [-0.4, -0.2) is 19.5 Å². The van der Waals surface area contributed by atoms with Crippen LogP contribution >= 0.6 is 11.3 Å². The minimum atomic E-state index is 0.610. The van der Waals surface area contributed by atoms with Crippen molar-refractivity contribution in [1.82, 2.24) is 19.5 Å². The van der Waals surface area contributed by atoms with Crippen LogP contribution in [0.3, 0.4) is 0 Å². The monoisotopic (exact) mass is 900 g/mol. The Morgan fingerprint density at radius 1 is 0.420 bits per heavy atom. The van der Waals surface area contributed by atoms with Crippen molar-refractivity contribution in [2.45, 2.75) is 6.92 Å². The van der Waals surface area contributed by atoms with Crippen LogP contribution in [0.4, 0.5) is 0 Å². The van der Waals surface area contributed by atoms with Gasteiger partial charge in [-0.05, 0) is 87.8 Å². The Kier molecular flexibility index (Phi) is 10.7. The van der Waals surface area contributed by atoms with Crippen LogP contribution in [0.2, 0.25) is 0 Å². The van der Waals surface area contributed by atoms with E-state index in [1.54, 1.807) is 0 Å². The third kappa shape index (κ3) is 7.65. The van der Waals surface area contributed by atoms with Gasteiger partial charge >= 0.3 is 0 Å². The molecule has 0 aliphatic carbocycles. The summed E-state index contributed by atoms with van der Waals surface area (Å²) in [7, 11) is 0. The molecule has 0 N–H and O–H groups in total. The molecule has 0 amide bonds. The molecule has 0 bridgehead atoms. The van der Waals surface area contributed by atoms with Gasteiger partial charge in [0.25, 0.3) is 0 Å². The number of benzene rings is 9. The molecule has 69 heavy (non-hydrogen) atoms. The van der Waals surface area contributed by atoms with Crippen LogP contribution in [0.15, 0.2) is 243 Å². The Hall–Kier alpha value is -8.77. The van der Waals surface area contributed by atoms with E-state index in [-0.39, 0.29) is 0 Å². The number of aromatic nitrogens is 4. The maximum atomic E-state index is 5.30. The van der Waals surface area contributed by atoms with Crippen LogP contribution in [0.5, 0.6) is 0 Å². The number of allylic oxidation sites excluding steroid dienone is 5. The van der Waals surface area contributed by atoms with Crippen molar-refractivity contribution in [1.29, 1.82) is 0 Å². The van der Waals surface area contributed by atoms with Crippen molar-refractivity contribution in [3.05, 3.63) is 243 Å². The summed E-state index contributed by atoms with van der Waals surface area (Å²) in [6.07, 6.45) is 8.20. The second-order valence-electron chi connectivity index (χ2n) is 17.2. The van der Waals surface area contributed by atoms with Gasteiger partial charge in [-0.3, -0.25) is 0 Å². The second-order valence-corrected chi connectivity index (χ2v) is 18.2. The van der Waals surface area contributed by atoms with Gasteiger partial charge in [-0.1, -0.05) is 207 Å². The number of hydrogen-bond donors (Lipinski definition) is 0. The molecule has 3 aromatic heterocycles. The fourth-order valence-corrected chi connectivity index (χ4v) is 11.0. The summed E-state index contributed by atoms with van der Waals surface area (Å²) in [6.45, 7) is 6.53. The highest BCUT2D eigenvalue weighted by molar-refractivity contribution is 7.26. The molecule has 0 fully saturated rings. The summed E-state index contributed by atoms with van der Waals surface area (Å²) in [5.41, 5.74) is 15.0. The van der Waals surface area contributed by atoms with Gasteiger partial charge in [0.1, 0.15) is 0 Å². The van der Waals surface area contributed by atoms with E-state index in [0.717, 1.165) is 61.2 Å². The van der Waals surface area contributed by atoms with Crippen molar-refractivity contribution in [2.75, 3.05) is 0 Å². The number of fused-ring (bicyclic) bond motifs is 7. The van der Waals surface area contributed by atoms with Gasteiger partial charge in [-0.15, -0.1) is 11.3 Å². The Labute approximate surface area is 405 Å². The van der Waals surface area contributed by atoms with Crippen LogP contribution in [0.25, 0.3) is 126 Å². The molecule has 326 valence electrons. The van der Waals surface area contributed by atoms with Crippen LogP contribution < -0.4 is 0 Å².